The Morgan fingerprint density at radius 2 is 2.00 bits per heavy atom. The topological polar surface area (TPSA) is 47.3 Å². The maximum absolute atomic E-state index is 6.31. The van der Waals surface area contributed by atoms with Crippen LogP contribution in [0.4, 0.5) is 0 Å². The average molecular weight is 419 g/mol. The first-order chi connectivity index (χ1) is 12.7. The van der Waals surface area contributed by atoms with E-state index in [1.807, 2.05) is 24.4 Å². The molecule has 0 amide bonds. The summed E-state index contributed by atoms with van der Waals surface area (Å²) in [5.74, 6) is 0.961. The van der Waals surface area contributed by atoms with Gasteiger partial charge in [-0.1, -0.05) is 18.9 Å². The highest BCUT2D eigenvalue weighted by Crippen LogP contribution is 2.49. The van der Waals surface area contributed by atoms with Crippen LogP contribution in [0.5, 0.6) is 0 Å². The van der Waals surface area contributed by atoms with Crippen LogP contribution in [0.25, 0.3) is 0 Å². The molecule has 2 aromatic heterocycles. The number of nitrogens with one attached hydrogen (secondary N) is 1. The van der Waals surface area contributed by atoms with Crippen LogP contribution in [0.1, 0.15) is 56.4 Å². The summed E-state index contributed by atoms with van der Waals surface area (Å²) in [6.07, 6.45) is 10.2. The number of pyridine rings is 1. The number of halogens is 1. The van der Waals surface area contributed by atoms with Crippen molar-refractivity contribution in [1.29, 1.82) is 0 Å². The molecule has 4 nitrogen and oxygen atoms in total. The number of ether oxygens (including phenoxy) is 1. The molecular formula is C21H27BrN2O2. The van der Waals surface area contributed by atoms with E-state index < -0.39 is 0 Å². The quantitative estimate of drug-likeness (QED) is 0.671. The van der Waals surface area contributed by atoms with Gasteiger partial charge in [-0.25, -0.2) is 0 Å². The van der Waals surface area contributed by atoms with Crippen LogP contribution < -0.4 is 5.32 Å². The van der Waals surface area contributed by atoms with Crippen LogP contribution in [-0.2, 0) is 16.7 Å². The minimum atomic E-state index is 0.0850. The van der Waals surface area contributed by atoms with Gasteiger partial charge in [0, 0.05) is 23.9 Å². The van der Waals surface area contributed by atoms with Gasteiger partial charge in [-0.15, -0.1) is 0 Å². The maximum atomic E-state index is 6.31. The monoisotopic (exact) mass is 418 g/mol. The van der Waals surface area contributed by atoms with Crippen molar-refractivity contribution in [2.24, 2.45) is 0 Å². The lowest BCUT2D eigenvalue weighted by Crippen LogP contribution is -2.47. The van der Waals surface area contributed by atoms with E-state index >= 15 is 0 Å². The van der Waals surface area contributed by atoms with Gasteiger partial charge in [0.15, 0.2) is 4.67 Å². The molecule has 0 radical (unpaired) electrons. The second-order valence-corrected chi connectivity index (χ2v) is 8.57. The molecule has 0 unspecified atom stereocenters. The summed E-state index contributed by atoms with van der Waals surface area (Å²) < 4.78 is 12.7. The van der Waals surface area contributed by atoms with Gasteiger partial charge in [0.1, 0.15) is 5.76 Å². The van der Waals surface area contributed by atoms with Gasteiger partial charge in [0.2, 0.25) is 0 Å². The van der Waals surface area contributed by atoms with Crippen molar-refractivity contribution in [2.75, 3.05) is 13.2 Å². The first kappa shape index (κ1) is 18.2. The molecule has 0 aromatic carbocycles. The molecule has 26 heavy (non-hydrogen) atoms. The molecule has 1 saturated carbocycles. The summed E-state index contributed by atoms with van der Waals surface area (Å²) >= 11 is 3.36. The summed E-state index contributed by atoms with van der Waals surface area (Å²) in [6.45, 7) is 2.55. The third kappa shape index (κ3) is 3.90. The lowest BCUT2D eigenvalue weighted by Gasteiger charge is -2.46. The summed E-state index contributed by atoms with van der Waals surface area (Å²) in [5.41, 5.74) is 1.43. The van der Waals surface area contributed by atoms with Crippen LogP contribution in [0, 0.1) is 0 Å². The van der Waals surface area contributed by atoms with Crippen molar-refractivity contribution in [3.63, 3.8) is 0 Å². The Kier molecular flexibility index (Phi) is 5.48. The Labute approximate surface area is 163 Å². The van der Waals surface area contributed by atoms with Crippen LogP contribution >= 0.6 is 15.9 Å². The second kappa shape index (κ2) is 7.83. The molecular weight excluding hydrogens is 392 g/mol. The number of hydrogen-bond donors (Lipinski definition) is 1. The molecule has 2 fully saturated rings. The van der Waals surface area contributed by atoms with Gasteiger partial charge in [-0.3, -0.25) is 4.98 Å². The molecule has 1 aliphatic carbocycles. The van der Waals surface area contributed by atoms with Crippen LogP contribution in [0.2, 0.25) is 0 Å². The predicted octanol–water partition coefficient (Wildman–Crippen LogP) is 4.98. The third-order valence-electron chi connectivity index (χ3n) is 6.08. The average Bonchev–Trinajstić information content (AvgIpc) is 3.29. The Bertz CT molecular complexity index is 712. The number of nitrogens with zero attached hydrogens (tertiary/aromatic N) is 1. The molecule has 1 aliphatic heterocycles. The maximum Gasteiger partial charge on any atom is 0.169 e. The lowest BCUT2D eigenvalue weighted by molar-refractivity contribution is -0.104. The Balaban J connectivity index is 1.46. The highest BCUT2D eigenvalue weighted by atomic mass is 79.9. The summed E-state index contributed by atoms with van der Waals surface area (Å²) in [6, 6.07) is 10.3. The number of rotatable bonds is 6. The Hall–Kier alpha value is -1.17. The fourth-order valence-corrected chi connectivity index (χ4v) is 5.12. The second-order valence-electron chi connectivity index (χ2n) is 7.79. The fraction of sp³-hybridized carbons (Fsp3) is 0.571. The summed E-state index contributed by atoms with van der Waals surface area (Å²) in [4.78, 5) is 4.76. The Morgan fingerprint density at radius 3 is 2.73 bits per heavy atom. The Morgan fingerprint density at radius 1 is 1.12 bits per heavy atom. The SMILES string of the molecule is Brc1ccc(CNCC[C@@]2(c3ccccn3)CCOC3(CCCC3)C2)o1. The van der Waals surface area contributed by atoms with E-state index in [0.29, 0.717) is 0 Å². The molecule has 0 bridgehead atoms. The van der Waals surface area contributed by atoms with Gasteiger partial charge >= 0.3 is 0 Å². The minimum absolute atomic E-state index is 0.0850. The molecule has 1 N–H and O–H groups in total. The van der Waals surface area contributed by atoms with Crippen molar-refractivity contribution >= 4 is 15.9 Å². The molecule has 1 saturated heterocycles. The first-order valence-corrected chi connectivity index (χ1v) is 10.5. The van der Waals surface area contributed by atoms with E-state index in [9.17, 15) is 0 Å². The molecule has 2 aromatic rings. The van der Waals surface area contributed by atoms with Crippen molar-refractivity contribution in [1.82, 2.24) is 10.3 Å². The van der Waals surface area contributed by atoms with E-state index in [-0.39, 0.29) is 11.0 Å². The zero-order valence-corrected chi connectivity index (χ0v) is 16.8. The molecule has 1 spiro atoms. The highest BCUT2D eigenvalue weighted by molar-refractivity contribution is 9.10. The largest absolute Gasteiger partial charge is 0.453 e. The lowest BCUT2D eigenvalue weighted by atomic mass is 9.68. The normalized spacial score (nSPS) is 25.0. The number of aromatic nitrogens is 1. The predicted molar refractivity (Wildman–Crippen MR) is 105 cm³/mol. The first-order valence-electron chi connectivity index (χ1n) is 9.70. The smallest absolute Gasteiger partial charge is 0.169 e. The standard InChI is InChI=1S/C21H27BrN2O2/c22-19-7-6-17(26-19)15-23-13-10-20(18-5-1-4-12-24-18)11-14-25-21(16-20)8-2-3-9-21/h1,4-7,12,23H,2-3,8-11,13-16H2/t20-/m1/s1. The van der Waals surface area contributed by atoms with Crippen LogP contribution in [0.15, 0.2) is 45.6 Å². The number of hydrogen-bond acceptors (Lipinski definition) is 4. The van der Waals surface area contributed by atoms with Crippen molar-refractivity contribution < 1.29 is 9.15 Å². The molecule has 2 aliphatic rings. The summed E-state index contributed by atoms with van der Waals surface area (Å²) in [7, 11) is 0. The zero-order valence-electron chi connectivity index (χ0n) is 15.2. The van der Waals surface area contributed by atoms with Gasteiger partial charge in [-0.05, 0) is 78.8 Å². The highest BCUT2D eigenvalue weighted by Gasteiger charge is 2.48. The minimum Gasteiger partial charge on any atom is -0.453 e. The molecule has 3 heterocycles. The van der Waals surface area contributed by atoms with Crippen LogP contribution in [0.3, 0.4) is 0 Å². The fourth-order valence-electron chi connectivity index (χ4n) is 4.78. The third-order valence-corrected chi connectivity index (χ3v) is 6.51. The van der Waals surface area contributed by atoms with Crippen molar-refractivity contribution in [2.45, 2.75) is 62.5 Å². The molecule has 1 atom stereocenters. The van der Waals surface area contributed by atoms with Gasteiger partial charge in [0.05, 0.1) is 12.1 Å². The molecule has 4 rings (SSSR count). The molecule has 140 valence electrons. The molecule has 5 heteroatoms. The van der Waals surface area contributed by atoms with Gasteiger partial charge < -0.3 is 14.5 Å². The van der Waals surface area contributed by atoms with E-state index in [1.54, 1.807) is 0 Å². The van der Waals surface area contributed by atoms with E-state index in [4.69, 9.17) is 14.1 Å². The van der Waals surface area contributed by atoms with Crippen molar-refractivity contribution in [3.05, 3.63) is 52.7 Å². The van der Waals surface area contributed by atoms with Gasteiger partial charge in [0.25, 0.3) is 0 Å². The van der Waals surface area contributed by atoms with Crippen LogP contribution in [-0.4, -0.2) is 23.7 Å². The zero-order chi connectivity index (χ0) is 17.9. The number of furan rings is 1. The van der Waals surface area contributed by atoms with E-state index in [2.05, 4.69) is 33.4 Å². The van der Waals surface area contributed by atoms with E-state index in [1.165, 1.54) is 31.4 Å². The van der Waals surface area contributed by atoms with Crippen molar-refractivity contribution in [3.8, 4) is 0 Å². The van der Waals surface area contributed by atoms with Gasteiger partial charge in [-0.2, -0.15) is 0 Å². The summed E-state index contributed by atoms with van der Waals surface area (Å²) in [5, 5.41) is 3.55. The van der Waals surface area contributed by atoms with E-state index in [0.717, 1.165) is 49.4 Å².